The van der Waals surface area contributed by atoms with Gasteiger partial charge in [0.15, 0.2) is 0 Å². The summed E-state index contributed by atoms with van der Waals surface area (Å²) < 4.78 is 0. The van der Waals surface area contributed by atoms with E-state index in [4.69, 9.17) is 0 Å². The van der Waals surface area contributed by atoms with E-state index >= 15 is 0 Å². The van der Waals surface area contributed by atoms with Crippen LogP contribution < -0.4 is 10.6 Å². The van der Waals surface area contributed by atoms with Crippen molar-refractivity contribution < 1.29 is 9.90 Å². The van der Waals surface area contributed by atoms with Crippen LogP contribution in [0.25, 0.3) is 0 Å². The number of rotatable bonds is 6. The zero-order valence-electron chi connectivity index (χ0n) is 10.4. The summed E-state index contributed by atoms with van der Waals surface area (Å²) >= 11 is 1.89. The van der Waals surface area contributed by atoms with Crippen LogP contribution in [0.4, 0.5) is 0 Å². The second-order valence-electron chi connectivity index (χ2n) is 4.25. The SMILES string of the molecule is CCSCCC(C)NC(=O)C1CC(O)CN1.Cl. The predicted molar refractivity (Wildman–Crippen MR) is 74.9 cm³/mol. The van der Waals surface area contributed by atoms with Crippen LogP contribution in [-0.2, 0) is 4.79 Å². The summed E-state index contributed by atoms with van der Waals surface area (Å²) in [6.45, 7) is 4.69. The first-order valence-corrected chi connectivity index (χ1v) is 7.08. The van der Waals surface area contributed by atoms with Gasteiger partial charge < -0.3 is 15.7 Å². The van der Waals surface area contributed by atoms with E-state index in [1.165, 1.54) is 0 Å². The van der Waals surface area contributed by atoms with Crippen molar-refractivity contribution in [3.8, 4) is 0 Å². The Labute approximate surface area is 114 Å². The number of hydrogen-bond acceptors (Lipinski definition) is 4. The molecule has 17 heavy (non-hydrogen) atoms. The molecule has 0 spiro atoms. The number of thioether (sulfide) groups is 1. The number of aliphatic hydroxyl groups is 1. The van der Waals surface area contributed by atoms with Crippen LogP contribution in [0.3, 0.4) is 0 Å². The second kappa shape index (κ2) is 9.03. The van der Waals surface area contributed by atoms with Crippen LogP contribution in [0, 0.1) is 0 Å². The fourth-order valence-electron chi connectivity index (χ4n) is 1.74. The molecule has 1 aliphatic rings. The molecule has 1 saturated heterocycles. The largest absolute Gasteiger partial charge is 0.392 e. The molecule has 0 aliphatic carbocycles. The van der Waals surface area contributed by atoms with Gasteiger partial charge in [-0.3, -0.25) is 4.79 Å². The van der Waals surface area contributed by atoms with Gasteiger partial charge in [0, 0.05) is 12.6 Å². The lowest BCUT2D eigenvalue weighted by molar-refractivity contribution is -0.123. The Balaban J connectivity index is 0.00000256. The molecule has 0 saturated carbocycles. The Hall–Kier alpha value is 0.0300. The Morgan fingerprint density at radius 3 is 2.88 bits per heavy atom. The number of aliphatic hydroxyl groups excluding tert-OH is 1. The van der Waals surface area contributed by atoms with Crippen LogP contribution in [0.2, 0.25) is 0 Å². The summed E-state index contributed by atoms with van der Waals surface area (Å²) in [7, 11) is 0. The first kappa shape index (κ1) is 17.0. The molecule has 1 rings (SSSR count). The number of β-amino-alcohol motifs (C(OH)–C–C–N with tert-alkyl or cyclic N) is 1. The maximum atomic E-state index is 11.7. The maximum absolute atomic E-state index is 11.7. The Bertz CT molecular complexity index is 232. The van der Waals surface area contributed by atoms with Crippen molar-refractivity contribution in [2.75, 3.05) is 18.1 Å². The molecule has 0 aromatic rings. The molecule has 1 heterocycles. The summed E-state index contributed by atoms with van der Waals surface area (Å²) in [5.41, 5.74) is 0. The first-order valence-electron chi connectivity index (χ1n) is 5.93. The number of amides is 1. The lowest BCUT2D eigenvalue weighted by Crippen LogP contribution is -2.44. The molecule has 0 bridgehead atoms. The number of carbonyl (C=O) groups is 1. The highest BCUT2D eigenvalue weighted by Crippen LogP contribution is 2.08. The number of nitrogens with one attached hydrogen (secondary N) is 2. The van der Waals surface area contributed by atoms with E-state index in [1.807, 2.05) is 18.7 Å². The molecule has 0 radical (unpaired) electrons. The molecular weight excluding hydrogens is 260 g/mol. The Morgan fingerprint density at radius 2 is 2.35 bits per heavy atom. The summed E-state index contributed by atoms with van der Waals surface area (Å²) in [5.74, 6) is 2.22. The third kappa shape index (κ3) is 6.50. The van der Waals surface area contributed by atoms with Gasteiger partial charge in [0.2, 0.25) is 5.91 Å². The lowest BCUT2D eigenvalue weighted by Gasteiger charge is -2.16. The average molecular weight is 283 g/mol. The highest BCUT2D eigenvalue weighted by molar-refractivity contribution is 7.99. The van der Waals surface area contributed by atoms with Gasteiger partial charge in [-0.2, -0.15) is 11.8 Å². The molecule has 1 aliphatic heterocycles. The molecule has 3 unspecified atom stereocenters. The normalized spacial score (nSPS) is 25.1. The zero-order chi connectivity index (χ0) is 12.0. The predicted octanol–water partition coefficient (Wildman–Crippen LogP) is 0.779. The van der Waals surface area contributed by atoms with Gasteiger partial charge in [-0.1, -0.05) is 6.92 Å². The molecule has 3 atom stereocenters. The molecule has 102 valence electrons. The van der Waals surface area contributed by atoms with Gasteiger partial charge >= 0.3 is 0 Å². The van der Waals surface area contributed by atoms with Crippen LogP contribution in [0.1, 0.15) is 26.7 Å². The smallest absolute Gasteiger partial charge is 0.237 e. The van der Waals surface area contributed by atoms with E-state index in [9.17, 15) is 9.90 Å². The van der Waals surface area contributed by atoms with Crippen molar-refractivity contribution >= 4 is 30.1 Å². The van der Waals surface area contributed by atoms with Gasteiger partial charge in [0.05, 0.1) is 12.1 Å². The third-order valence-electron chi connectivity index (χ3n) is 2.71. The minimum atomic E-state index is -0.373. The van der Waals surface area contributed by atoms with Crippen molar-refractivity contribution in [2.45, 2.75) is 44.9 Å². The van der Waals surface area contributed by atoms with Crippen LogP contribution >= 0.6 is 24.2 Å². The Morgan fingerprint density at radius 1 is 1.65 bits per heavy atom. The van der Waals surface area contributed by atoms with Crippen LogP contribution in [0.15, 0.2) is 0 Å². The molecular formula is C11H23ClN2O2S. The summed E-state index contributed by atoms with van der Waals surface area (Å²) in [6, 6.07) is 0.00220. The summed E-state index contributed by atoms with van der Waals surface area (Å²) in [4.78, 5) is 11.7. The highest BCUT2D eigenvalue weighted by atomic mass is 35.5. The van der Waals surface area contributed by atoms with Gasteiger partial charge in [0.25, 0.3) is 0 Å². The first-order chi connectivity index (χ1) is 7.63. The zero-order valence-corrected chi connectivity index (χ0v) is 12.1. The standard InChI is InChI=1S/C11H22N2O2S.ClH/c1-3-16-5-4-8(2)13-11(15)10-6-9(14)7-12-10;/h8-10,12,14H,3-7H2,1-2H3,(H,13,15);1H. The fraction of sp³-hybridized carbons (Fsp3) is 0.909. The minimum absolute atomic E-state index is 0. The molecule has 1 fully saturated rings. The van der Waals surface area contributed by atoms with Crippen molar-refractivity contribution in [3.05, 3.63) is 0 Å². The van der Waals surface area contributed by atoms with E-state index in [0.29, 0.717) is 13.0 Å². The molecule has 1 amide bonds. The van der Waals surface area contributed by atoms with Gasteiger partial charge in [0.1, 0.15) is 0 Å². The average Bonchev–Trinajstić information content (AvgIpc) is 2.65. The van der Waals surface area contributed by atoms with Gasteiger partial charge in [-0.05, 0) is 31.3 Å². The monoisotopic (exact) mass is 282 g/mol. The molecule has 3 N–H and O–H groups in total. The van der Waals surface area contributed by atoms with E-state index in [1.54, 1.807) is 0 Å². The van der Waals surface area contributed by atoms with E-state index in [2.05, 4.69) is 17.6 Å². The summed E-state index contributed by atoms with van der Waals surface area (Å²) in [6.07, 6.45) is 1.16. The van der Waals surface area contributed by atoms with Crippen molar-refractivity contribution in [3.63, 3.8) is 0 Å². The number of carbonyl (C=O) groups excluding carboxylic acids is 1. The maximum Gasteiger partial charge on any atom is 0.237 e. The van der Waals surface area contributed by atoms with E-state index in [0.717, 1.165) is 17.9 Å². The second-order valence-corrected chi connectivity index (χ2v) is 5.64. The molecule has 0 aromatic heterocycles. The van der Waals surface area contributed by atoms with Gasteiger partial charge in [-0.15, -0.1) is 12.4 Å². The van der Waals surface area contributed by atoms with E-state index < -0.39 is 0 Å². The van der Waals surface area contributed by atoms with Gasteiger partial charge in [-0.25, -0.2) is 0 Å². The van der Waals surface area contributed by atoms with Crippen molar-refractivity contribution in [2.24, 2.45) is 0 Å². The third-order valence-corrected chi connectivity index (χ3v) is 3.64. The Kier molecular flexibility index (Phi) is 9.04. The number of halogens is 1. The lowest BCUT2D eigenvalue weighted by atomic mass is 10.1. The number of hydrogen-bond donors (Lipinski definition) is 3. The molecule has 0 aromatic carbocycles. The molecule has 4 nitrogen and oxygen atoms in total. The minimum Gasteiger partial charge on any atom is -0.392 e. The van der Waals surface area contributed by atoms with Crippen LogP contribution in [0.5, 0.6) is 0 Å². The van der Waals surface area contributed by atoms with E-state index in [-0.39, 0.29) is 36.5 Å². The quantitative estimate of drug-likeness (QED) is 0.630. The molecule has 6 heteroatoms. The highest BCUT2D eigenvalue weighted by Gasteiger charge is 2.28. The van der Waals surface area contributed by atoms with Crippen LogP contribution in [-0.4, -0.2) is 47.3 Å². The fourth-order valence-corrected chi connectivity index (χ4v) is 2.55. The van der Waals surface area contributed by atoms with Crippen molar-refractivity contribution in [1.29, 1.82) is 0 Å². The van der Waals surface area contributed by atoms with Crippen molar-refractivity contribution in [1.82, 2.24) is 10.6 Å². The summed E-state index contributed by atoms with van der Waals surface area (Å²) in [5, 5.41) is 15.3. The topological polar surface area (TPSA) is 61.4 Å².